The van der Waals surface area contributed by atoms with Gasteiger partial charge in [0.15, 0.2) is 0 Å². The molecule has 3 atom stereocenters. The number of hydrogen-bond donors (Lipinski definition) is 1. The monoisotopic (exact) mass is 208 g/mol. The van der Waals surface area contributed by atoms with Crippen molar-refractivity contribution in [1.29, 1.82) is 0 Å². The van der Waals surface area contributed by atoms with E-state index < -0.39 is 0 Å². The van der Waals surface area contributed by atoms with Crippen molar-refractivity contribution >= 4 is 5.91 Å². The summed E-state index contributed by atoms with van der Waals surface area (Å²) in [6.45, 7) is 6.64. The van der Waals surface area contributed by atoms with Gasteiger partial charge in [-0.15, -0.1) is 0 Å². The molecule has 1 aliphatic heterocycles. The topological polar surface area (TPSA) is 32.3 Å². The van der Waals surface area contributed by atoms with Crippen LogP contribution >= 0.6 is 0 Å². The van der Waals surface area contributed by atoms with Crippen LogP contribution in [0.3, 0.4) is 0 Å². The Labute approximate surface area is 91.2 Å². The molecule has 1 N–H and O–H groups in total. The van der Waals surface area contributed by atoms with Crippen molar-refractivity contribution in [1.82, 2.24) is 10.2 Å². The lowest BCUT2D eigenvalue weighted by Crippen LogP contribution is -2.43. The zero-order valence-electron chi connectivity index (χ0n) is 9.79. The highest BCUT2D eigenvalue weighted by atomic mass is 16.2. The maximum Gasteiger partial charge on any atom is 0.244 e. The Hall–Kier alpha value is -0.570. The van der Waals surface area contributed by atoms with Gasteiger partial charge in [-0.2, -0.15) is 0 Å². The molecule has 0 aromatic rings. The van der Waals surface area contributed by atoms with E-state index >= 15 is 0 Å². The minimum absolute atomic E-state index is 0.128. The molecule has 0 aromatic carbocycles. The second kappa shape index (κ2) is 2.76. The molecule has 1 saturated heterocycles. The molecule has 0 bridgehead atoms. The summed E-state index contributed by atoms with van der Waals surface area (Å²) in [4.78, 5) is 14.4. The van der Waals surface area contributed by atoms with Gasteiger partial charge in [-0.1, -0.05) is 20.8 Å². The van der Waals surface area contributed by atoms with Gasteiger partial charge in [0.2, 0.25) is 5.91 Å². The molecule has 1 amide bonds. The summed E-state index contributed by atoms with van der Waals surface area (Å²) in [5.41, 5.74) is -0.128. The van der Waals surface area contributed by atoms with Crippen LogP contribution in [0.4, 0.5) is 0 Å². The highest BCUT2D eigenvalue weighted by Crippen LogP contribution is 2.48. The van der Waals surface area contributed by atoms with Crippen LogP contribution in [-0.4, -0.2) is 28.6 Å². The molecule has 2 aliphatic carbocycles. The van der Waals surface area contributed by atoms with Crippen LogP contribution in [0.2, 0.25) is 0 Å². The first-order valence-electron chi connectivity index (χ1n) is 6.16. The first-order valence-corrected chi connectivity index (χ1v) is 6.16. The van der Waals surface area contributed by atoms with Crippen molar-refractivity contribution in [3.8, 4) is 0 Å². The van der Waals surface area contributed by atoms with Gasteiger partial charge in [-0.3, -0.25) is 10.1 Å². The third-order valence-electron chi connectivity index (χ3n) is 4.17. The highest BCUT2D eigenvalue weighted by molar-refractivity contribution is 5.92. The van der Waals surface area contributed by atoms with E-state index in [0.29, 0.717) is 23.8 Å². The SMILES string of the molecule is CC(C)C1NC2(CC2)C(=O)N1C1CC1C. The van der Waals surface area contributed by atoms with Crippen LogP contribution in [0.1, 0.15) is 40.0 Å². The fourth-order valence-electron chi connectivity index (χ4n) is 2.81. The molecule has 3 fully saturated rings. The maximum absolute atomic E-state index is 12.3. The normalized spacial score (nSPS) is 41.7. The van der Waals surface area contributed by atoms with Gasteiger partial charge in [0.25, 0.3) is 0 Å². The van der Waals surface area contributed by atoms with Crippen molar-refractivity contribution < 1.29 is 4.79 Å². The lowest BCUT2D eigenvalue weighted by Gasteiger charge is -2.27. The molecule has 3 heteroatoms. The maximum atomic E-state index is 12.3. The number of rotatable bonds is 2. The van der Waals surface area contributed by atoms with Crippen molar-refractivity contribution in [2.75, 3.05) is 0 Å². The van der Waals surface area contributed by atoms with Gasteiger partial charge in [0.05, 0.1) is 11.7 Å². The smallest absolute Gasteiger partial charge is 0.244 e. The van der Waals surface area contributed by atoms with Gasteiger partial charge < -0.3 is 4.90 Å². The first-order chi connectivity index (χ1) is 7.05. The zero-order chi connectivity index (χ0) is 10.8. The largest absolute Gasteiger partial charge is 0.322 e. The second-order valence-corrected chi connectivity index (χ2v) is 5.91. The predicted molar refractivity (Wildman–Crippen MR) is 58.1 cm³/mol. The standard InChI is InChI=1S/C12H20N2O/c1-7(2)10-13-12(4-5-12)11(15)14(10)9-6-8(9)3/h7-10,13H,4-6H2,1-3H3. The molecule has 2 saturated carbocycles. The van der Waals surface area contributed by atoms with E-state index in [1.54, 1.807) is 0 Å². The summed E-state index contributed by atoms with van der Waals surface area (Å²) in [6, 6.07) is 0.525. The van der Waals surface area contributed by atoms with E-state index in [1.807, 2.05) is 0 Å². The van der Waals surface area contributed by atoms with Gasteiger partial charge >= 0.3 is 0 Å². The summed E-state index contributed by atoms with van der Waals surface area (Å²) < 4.78 is 0. The third-order valence-corrected chi connectivity index (χ3v) is 4.17. The predicted octanol–water partition coefficient (Wildman–Crippen LogP) is 1.34. The molecule has 1 heterocycles. The molecule has 84 valence electrons. The quantitative estimate of drug-likeness (QED) is 0.742. The van der Waals surface area contributed by atoms with Gasteiger partial charge in [-0.05, 0) is 31.1 Å². The van der Waals surface area contributed by atoms with E-state index in [9.17, 15) is 4.79 Å². The van der Waals surface area contributed by atoms with Gasteiger partial charge in [0.1, 0.15) is 0 Å². The lowest BCUT2D eigenvalue weighted by atomic mass is 10.1. The molecule has 3 rings (SSSR count). The molecule has 0 aromatic heterocycles. The van der Waals surface area contributed by atoms with Crippen LogP contribution < -0.4 is 5.32 Å². The Morgan fingerprint density at radius 1 is 1.47 bits per heavy atom. The highest BCUT2D eigenvalue weighted by Gasteiger charge is 2.62. The van der Waals surface area contributed by atoms with Crippen LogP contribution in [0.15, 0.2) is 0 Å². The van der Waals surface area contributed by atoms with Crippen LogP contribution in [-0.2, 0) is 4.79 Å². The van der Waals surface area contributed by atoms with Gasteiger partial charge in [-0.25, -0.2) is 0 Å². The van der Waals surface area contributed by atoms with Crippen LogP contribution in [0.25, 0.3) is 0 Å². The van der Waals surface area contributed by atoms with Gasteiger partial charge in [0, 0.05) is 6.04 Å². The zero-order valence-corrected chi connectivity index (χ0v) is 9.79. The number of carbonyl (C=O) groups excluding carboxylic acids is 1. The fraction of sp³-hybridized carbons (Fsp3) is 0.917. The average Bonchev–Trinajstić information content (AvgIpc) is 3.02. The van der Waals surface area contributed by atoms with Crippen molar-refractivity contribution in [3.05, 3.63) is 0 Å². The molecule has 15 heavy (non-hydrogen) atoms. The molecular formula is C12H20N2O. The lowest BCUT2D eigenvalue weighted by molar-refractivity contribution is -0.132. The Morgan fingerprint density at radius 2 is 2.07 bits per heavy atom. The number of nitrogens with zero attached hydrogens (tertiary/aromatic N) is 1. The van der Waals surface area contributed by atoms with Crippen molar-refractivity contribution in [2.45, 2.75) is 57.8 Å². The van der Waals surface area contributed by atoms with E-state index in [1.165, 1.54) is 6.42 Å². The van der Waals surface area contributed by atoms with Crippen molar-refractivity contribution in [3.63, 3.8) is 0 Å². The average molecular weight is 208 g/mol. The number of carbonyl (C=O) groups is 1. The number of hydrogen-bond acceptors (Lipinski definition) is 2. The molecule has 3 aliphatic rings. The summed E-state index contributed by atoms with van der Waals surface area (Å²) in [5, 5.41) is 3.56. The fourth-order valence-corrected chi connectivity index (χ4v) is 2.81. The summed E-state index contributed by atoms with van der Waals surface area (Å²) in [7, 11) is 0. The second-order valence-electron chi connectivity index (χ2n) is 5.91. The molecule has 3 unspecified atom stereocenters. The molecule has 3 nitrogen and oxygen atoms in total. The number of nitrogens with one attached hydrogen (secondary N) is 1. The van der Waals surface area contributed by atoms with E-state index in [0.717, 1.165) is 12.8 Å². The summed E-state index contributed by atoms with van der Waals surface area (Å²) in [6.07, 6.45) is 3.58. The Kier molecular flexibility index (Phi) is 1.77. The summed E-state index contributed by atoms with van der Waals surface area (Å²) in [5.74, 6) is 1.61. The van der Waals surface area contributed by atoms with E-state index in [4.69, 9.17) is 0 Å². The summed E-state index contributed by atoms with van der Waals surface area (Å²) >= 11 is 0. The van der Waals surface area contributed by atoms with E-state index in [2.05, 4.69) is 31.0 Å². The van der Waals surface area contributed by atoms with Crippen LogP contribution in [0, 0.1) is 11.8 Å². The minimum Gasteiger partial charge on any atom is -0.322 e. The van der Waals surface area contributed by atoms with E-state index in [-0.39, 0.29) is 11.7 Å². The Morgan fingerprint density at radius 3 is 2.47 bits per heavy atom. The Bertz CT molecular complexity index is 309. The van der Waals surface area contributed by atoms with Crippen molar-refractivity contribution in [2.24, 2.45) is 11.8 Å². The molecule has 0 radical (unpaired) electrons. The Balaban J connectivity index is 1.85. The number of amides is 1. The molecular weight excluding hydrogens is 188 g/mol. The van der Waals surface area contributed by atoms with Crippen LogP contribution in [0.5, 0.6) is 0 Å². The third kappa shape index (κ3) is 1.25. The first kappa shape index (κ1) is 9.64. The minimum atomic E-state index is -0.128. The molecule has 1 spiro atoms.